The number of hydrogen-bond acceptors (Lipinski definition) is 6. The van der Waals surface area contributed by atoms with E-state index in [0.29, 0.717) is 10.9 Å². The van der Waals surface area contributed by atoms with E-state index in [0.717, 1.165) is 22.3 Å². The molecule has 0 atom stereocenters. The highest BCUT2D eigenvalue weighted by Crippen LogP contribution is 2.17. The Morgan fingerprint density at radius 2 is 2.11 bits per heavy atom. The van der Waals surface area contributed by atoms with Crippen LogP contribution in [0, 0.1) is 0 Å². The van der Waals surface area contributed by atoms with Crippen LogP contribution in [0.2, 0.25) is 0 Å². The SMILES string of the molecule is O=c1[nH]c2ccc(C3=NN=C(NS)SC3)cc2[nH]1. The smallest absolute Gasteiger partial charge is 0.310 e. The molecule has 92 valence electrons. The van der Waals surface area contributed by atoms with E-state index in [1.54, 1.807) is 0 Å². The van der Waals surface area contributed by atoms with Crippen molar-refractivity contribution in [3.63, 3.8) is 0 Å². The van der Waals surface area contributed by atoms with E-state index < -0.39 is 0 Å². The van der Waals surface area contributed by atoms with Gasteiger partial charge in [0.2, 0.25) is 0 Å². The van der Waals surface area contributed by atoms with Crippen molar-refractivity contribution in [1.29, 1.82) is 0 Å². The number of aromatic amines is 2. The minimum absolute atomic E-state index is 0.207. The third-order valence-corrected chi connectivity index (χ3v) is 3.79. The number of nitrogens with one attached hydrogen (secondary N) is 3. The number of benzene rings is 1. The number of nitrogens with zero attached hydrogens (tertiary/aromatic N) is 2. The van der Waals surface area contributed by atoms with Gasteiger partial charge in [-0.3, -0.25) is 0 Å². The average Bonchev–Trinajstić information content (AvgIpc) is 2.78. The Morgan fingerprint density at radius 1 is 1.28 bits per heavy atom. The zero-order valence-electron chi connectivity index (χ0n) is 9.10. The summed E-state index contributed by atoms with van der Waals surface area (Å²) in [5.41, 5.74) is 3.17. The molecule has 2 heterocycles. The molecule has 0 unspecified atom stereocenters. The van der Waals surface area contributed by atoms with Gasteiger partial charge in [-0.25, -0.2) is 4.79 Å². The van der Waals surface area contributed by atoms with Crippen molar-refractivity contribution in [1.82, 2.24) is 14.7 Å². The number of rotatable bonds is 1. The van der Waals surface area contributed by atoms with Gasteiger partial charge in [-0.15, -0.1) is 5.10 Å². The molecule has 2 aromatic rings. The summed E-state index contributed by atoms with van der Waals surface area (Å²) >= 11 is 5.45. The molecule has 3 N–H and O–H groups in total. The lowest BCUT2D eigenvalue weighted by atomic mass is 10.1. The number of aromatic nitrogens is 2. The number of thiol groups is 1. The first kappa shape index (κ1) is 11.4. The van der Waals surface area contributed by atoms with Crippen LogP contribution in [-0.2, 0) is 0 Å². The van der Waals surface area contributed by atoms with Crippen LogP contribution in [0.1, 0.15) is 5.56 Å². The van der Waals surface area contributed by atoms with Crippen LogP contribution < -0.4 is 10.4 Å². The first-order chi connectivity index (χ1) is 8.76. The van der Waals surface area contributed by atoms with Gasteiger partial charge >= 0.3 is 5.69 Å². The maximum absolute atomic E-state index is 11.2. The lowest BCUT2D eigenvalue weighted by Crippen LogP contribution is -2.17. The van der Waals surface area contributed by atoms with Gasteiger partial charge in [0.1, 0.15) is 0 Å². The van der Waals surface area contributed by atoms with E-state index in [2.05, 4.69) is 37.7 Å². The fourth-order valence-corrected chi connectivity index (χ4v) is 2.61. The fourth-order valence-electron chi connectivity index (χ4n) is 1.71. The Hall–Kier alpha value is -1.67. The maximum Gasteiger partial charge on any atom is 0.323 e. The number of imidazole rings is 1. The zero-order valence-corrected chi connectivity index (χ0v) is 10.8. The third kappa shape index (κ3) is 2.04. The number of fused-ring (bicyclic) bond motifs is 1. The second-order valence-electron chi connectivity index (χ2n) is 3.69. The van der Waals surface area contributed by atoms with Crippen molar-refractivity contribution in [3.05, 3.63) is 34.2 Å². The van der Waals surface area contributed by atoms with E-state index in [9.17, 15) is 4.79 Å². The molecule has 0 aliphatic carbocycles. The molecular weight excluding hydrogens is 270 g/mol. The Labute approximate surface area is 112 Å². The predicted molar refractivity (Wildman–Crippen MR) is 77.5 cm³/mol. The summed E-state index contributed by atoms with van der Waals surface area (Å²) in [6.45, 7) is 0. The lowest BCUT2D eigenvalue weighted by Gasteiger charge is -2.10. The second kappa shape index (κ2) is 4.54. The summed E-state index contributed by atoms with van der Waals surface area (Å²) in [5.74, 6) is 0.715. The van der Waals surface area contributed by atoms with E-state index in [4.69, 9.17) is 0 Å². The van der Waals surface area contributed by atoms with Crippen LogP contribution in [0.4, 0.5) is 0 Å². The molecule has 1 aromatic carbocycles. The Kier molecular flexibility index (Phi) is 2.88. The number of hydrogen-bond donors (Lipinski definition) is 4. The summed E-state index contributed by atoms with van der Waals surface area (Å²) in [6.07, 6.45) is 0. The van der Waals surface area contributed by atoms with Crippen LogP contribution in [-0.4, -0.2) is 26.6 Å². The average molecular weight is 279 g/mol. The molecule has 0 bridgehead atoms. The van der Waals surface area contributed by atoms with Crippen LogP contribution >= 0.6 is 24.6 Å². The lowest BCUT2D eigenvalue weighted by molar-refractivity contribution is 1.21. The van der Waals surface area contributed by atoms with Gasteiger partial charge in [0.15, 0.2) is 5.17 Å². The monoisotopic (exact) mass is 279 g/mol. The minimum Gasteiger partial charge on any atom is -0.310 e. The van der Waals surface area contributed by atoms with Gasteiger partial charge in [0.05, 0.1) is 16.7 Å². The quantitative estimate of drug-likeness (QED) is 0.590. The Bertz CT molecular complexity index is 714. The molecule has 18 heavy (non-hydrogen) atoms. The molecule has 8 heteroatoms. The van der Waals surface area contributed by atoms with Gasteiger partial charge in [-0.05, 0) is 12.1 Å². The van der Waals surface area contributed by atoms with E-state index in [1.165, 1.54) is 11.8 Å². The van der Waals surface area contributed by atoms with Crippen molar-refractivity contribution in [3.8, 4) is 0 Å². The molecule has 1 aliphatic rings. The highest BCUT2D eigenvalue weighted by molar-refractivity contribution is 8.15. The molecule has 1 aliphatic heterocycles. The van der Waals surface area contributed by atoms with E-state index in [-0.39, 0.29) is 5.69 Å². The van der Waals surface area contributed by atoms with Gasteiger partial charge in [0.25, 0.3) is 0 Å². The van der Waals surface area contributed by atoms with Crippen LogP contribution in [0.25, 0.3) is 11.0 Å². The van der Waals surface area contributed by atoms with Gasteiger partial charge in [-0.2, -0.15) is 5.10 Å². The molecule has 0 radical (unpaired) electrons. The summed E-state index contributed by atoms with van der Waals surface area (Å²) < 4.78 is 2.66. The molecule has 0 saturated heterocycles. The summed E-state index contributed by atoms with van der Waals surface area (Å²) in [5, 5.41) is 8.81. The Balaban J connectivity index is 2.02. The highest BCUT2D eigenvalue weighted by atomic mass is 32.2. The molecule has 1 aromatic heterocycles. The van der Waals surface area contributed by atoms with Crippen LogP contribution in [0.3, 0.4) is 0 Å². The van der Waals surface area contributed by atoms with Crippen molar-refractivity contribution >= 4 is 46.5 Å². The summed E-state index contributed by atoms with van der Waals surface area (Å²) in [4.78, 5) is 16.6. The second-order valence-corrected chi connectivity index (χ2v) is 4.88. The maximum atomic E-state index is 11.2. The van der Waals surface area contributed by atoms with Crippen LogP contribution in [0.15, 0.2) is 33.2 Å². The zero-order chi connectivity index (χ0) is 12.5. The molecule has 0 saturated carbocycles. The van der Waals surface area contributed by atoms with Crippen molar-refractivity contribution in [2.45, 2.75) is 0 Å². The molecule has 0 fully saturated rings. The van der Waals surface area contributed by atoms with E-state index in [1.807, 2.05) is 18.2 Å². The number of H-pyrrole nitrogens is 2. The molecule has 0 amide bonds. The molecule has 6 nitrogen and oxygen atoms in total. The Morgan fingerprint density at radius 3 is 2.83 bits per heavy atom. The largest absolute Gasteiger partial charge is 0.323 e. The topological polar surface area (TPSA) is 85.4 Å². The first-order valence-corrected chi connectivity index (χ1v) is 6.59. The molecular formula is C10H9N5OS2. The van der Waals surface area contributed by atoms with Gasteiger partial charge in [-0.1, -0.05) is 30.6 Å². The van der Waals surface area contributed by atoms with Gasteiger partial charge < -0.3 is 14.7 Å². The minimum atomic E-state index is -0.207. The fraction of sp³-hybridized carbons (Fsp3) is 0.100. The summed E-state index contributed by atoms with van der Waals surface area (Å²) in [7, 11) is 0. The normalized spacial score (nSPS) is 15.4. The molecule has 3 rings (SSSR count). The number of thioether (sulfide) groups is 1. The highest BCUT2D eigenvalue weighted by Gasteiger charge is 2.12. The molecule has 0 spiro atoms. The van der Waals surface area contributed by atoms with Crippen LogP contribution in [0.5, 0.6) is 0 Å². The first-order valence-electron chi connectivity index (χ1n) is 5.16. The standard InChI is InChI=1S/C10H9N5OS2/c16-9-11-6-2-1-5(3-7(6)12-9)8-4-18-10(15-17)14-13-8/h1-3,17H,4H2,(H,14,15)(H2,11,12,16). The number of amidine groups is 1. The third-order valence-electron chi connectivity index (χ3n) is 2.55. The van der Waals surface area contributed by atoms with Crippen molar-refractivity contribution in [2.24, 2.45) is 10.2 Å². The predicted octanol–water partition coefficient (Wildman–Crippen LogP) is 1.10. The van der Waals surface area contributed by atoms with Crippen molar-refractivity contribution < 1.29 is 0 Å². The van der Waals surface area contributed by atoms with Crippen molar-refractivity contribution in [2.75, 3.05) is 5.75 Å². The van der Waals surface area contributed by atoms with Gasteiger partial charge in [0, 0.05) is 11.3 Å². The van der Waals surface area contributed by atoms with E-state index >= 15 is 0 Å². The summed E-state index contributed by atoms with van der Waals surface area (Å²) in [6, 6.07) is 5.66.